The molecule has 31 heavy (non-hydrogen) atoms. The summed E-state index contributed by atoms with van der Waals surface area (Å²) in [6, 6.07) is 12.0. The summed E-state index contributed by atoms with van der Waals surface area (Å²) in [6.07, 6.45) is 2.04. The van der Waals surface area contributed by atoms with Gasteiger partial charge in [-0.3, -0.25) is 9.59 Å². The summed E-state index contributed by atoms with van der Waals surface area (Å²) in [5, 5.41) is 13.5. The highest BCUT2D eigenvalue weighted by atomic mass is 79.9. The van der Waals surface area contributed by atoms with E-state index in [0.717, 1.165) is 4.47 Å². The third-order valence-corrected chi connectivity index (χ3v) is 7.05. The Bertz CT molecular complexity index is 1250. The molecule has 0 radical (unpaired) electrons. The molecule has 2 bridgehead atoms. The summed E-state index contributed by atoms with van der Waals surface area (Å²) in [7, 11) is 0. The van der Waals surface area contributed by atoms with E-state index < -0.39 is 11.4 Å². The number of carboxylic acid groups (broad SMARTS) is 1. The van der Waals surface area contributed by atoms with Crippen LogP contribution in [0.2, 0.25) is 5.02 Å². The van der Waals surface area contributed by atoms with Crippen LogP contribution in [0.4, 0.5) is 0 Å². The van der Waals surface area contributed by atoms with Gasteiger partial charge >= 0.3 is 5.97 Å². The van der Waals surface area contributed by atoms with Crippen LogP contribution in [0.5, 0.6) is 5.75 Å². The summed E-state index contributed by atoms with van der Waals surface area (Å²) in [5.74, 6) is 0.261. The molecule has 0 amide bonds. The Morgan fingerprint density at radius 1 is 1.23 bits per heavy atom. The Labute approximate surface area is 191 Å². The minimum absolute atomic E-state index is 0.0518. The number of para-hydroxylation sites is 1. The van der Waals surface area contributed by atoms with Crippen LogP contribution in [0, 0.1) is 5.41 Å². The highest BCUT2D eigenvalue weighted by Gasteiger charge is 2.71. The first-order chi connectivity index (χ1) is 14.8. The predicted molar refractivity (Wildman–Crippen MR) is 121 cm³/mol. The number of benzene rings is 2. The number of ether oxygens (including phenoxy) is 1. The molecule has 1 aromatic heterocycles. The monoisotopic (exact) mass is 503 g/mol. The molecule has 2 aromatic carbocycles. The fourth-order valence-electron chi connectivity index (χ4n) is 4.77. The largest absolute Gasteiger partial charge is 0.491 e. The summed E-state index contributed by atoms with van der Waals surface area (Å²) < 4.78 is 12.8. The van der Waals surface area contributed by atoms with Crippen LogP contribution >= 0.6 is 27.5 Å². The molecule has 0 atom stereocenters. The van der Waals surface area contributed by atoms with Crippen LogP contribution in [0.15, 0.2) is 56.1 Å². The first-order valence-corrected chi connectivity index (χ1v) is 11.1. The van der Waals surface area contributed by atoms with Gasteiger partial charge in [-0.2, -0.15) is 0 Å². The number of carboxylic acids is 1. The Kier molecular flexibility index (Phi) is 4.88. The molecule has 3 aromatic rings. The second-order valence-corrected chi connectivity index (χ2v) is 9.73. The maximum atomic E-state index is 12.6. The van der Waals surface area contributed by atoms with Crippen LogP contribution in [0.25, 0.3) is 22.3 Å². The number of nitrogens with one attached hydrogen (secondary N) is 1. The van der Waals surface area contributed by atoms with Gasteiger partial charge in [-0.25, -0.2) is 0 Å². The van der Waals surface area contributed by atoms with Crippen molar-refractivity contribution in [2.45, 2.75) is 24.8 Å². The summed E-state index contributed by atoms with van der Waals surface area (Å²) >= 11 is 9.69. The van der Waals surface area contributed by atoms with Gasteiger partial charge in [-0.05, 0) is 49.6 Å². The molecule has 6 nitrogen and oxygen atoms in total. The van der Waals surface area contributed by atoms with Gasteiger partial charge in [0, 0.05) is 22.6 Å². The number of hydrogen-bond acceptors (Lipinski definition) is 5. The molecule has 2 N–H and O–H groups in total. The van der Waals surface area contributed by atoms with Gasteiger partial charge in [0.15, 0.2) is 11.0 Å². The number of halogens is 2. The Hall–Kier alpha value is -2.35. The Balaban J connectivity index is 1.33. The van der Waals surface area contributed by atoms with Crippen molar-refractivity contribution in [1.82, 2.24) is 5.32 Å². The van der Waals surface area contributed by atoms with Crippen LogP contribution in [0.3, 0.4) is 0 Å². The van der Waals surface area contributed by atoms with Crippen molar-refractivity contribution < 1.29 is 19.1 Å². The molecule has 0 unspecified atom stereocenters. The first kappa shape index (κ1) is 20.5. The first-order valence-electron chi connectivity index (χ1n) is 9.95. The van der Waals surface area contributed by atoms with Gasteiger partial charge in [-0.15, -0.1) is 0 Å². The van der Waals surface area contributed by atoms with Crippen molar-refractivity contribution in [3.8, 4) is 17.1 Å². The van der Waals surface area contributed by atoms with Gasteiger partial charge in [0.05, 0.1) is 21.4 Å². The van der Waals surface area contributed by atoms with Crippen molar-refractivity contribution in [2.24, 2.45) is 5.41 Å². The van der Waals surface area contributed by atoms with Gasteiger partial charge in [0.2, 0.25) is 0 Å². The van der Waals surface area contributed by atoms with Crippen molar-refractivity contribution in [1.29, 1.82) is 0 Å². The number of rotatable bonds is 7. The second kappa shape index (κ2) is 7.36. The lowest BCUT2D eigenvalue weighted by atomic mass is 9.39. The lowest BCUT2D eigenvalue weighted by molar-refractivity contribution is -0.198. The SMILES string of the molecule is O=C(O)C12CC(NCCOc3cc(Br)ccc3-c3cc(=O)c4cccc(Cl)c4o3)(C1)C2. The molecule has 0 spiro atoms. The zero-order valence-electron chi connectivity index (χ0n) is 16.4. The minimum atomic E-state index is -0.691. The van der Waals surface area contributed by atoms with Crippen LogP contribution < -0.4 is 15.5 Å². The lowest BCUT2D eigenvalue weighted by Gasteiger charge is -2.68. The van der Waals surface area contributed by atoms with Gasteiger partial charge < -0.3 is 19.6 Å². The standard InChI is InChI=1S/C23H19BrClNO5/c24-13-4-5-15(19-9-17(27)14-2-1-3-16(25)20(14)31-19)18(8-13)30-7-6-26-23-10-22(11-23,12-23)21(28)29/h1-5,8-9,26H,6-7,10-12H2,(H,28,29). The molecule has 0 aliphatic heterocycles. The van der Waals surface area contributed by atoms with Crippen molar-refractivity contribution >= 4 is 44.5 Å². The van der Waals surface area contributed by atoms with Gasteiger partial charge in [0.1, 0.15) is 18.1 Å². The van der Waals surface area contributed by atoms with Crippen molar-refractivity contribution in [3.63, 3.8) is 0 Å². The van der Waals surface area contributed by atoms with E-state index in [0.29, 0.717) is 65.5 Å². The molecule has 0 saturated heterocycles. The van der Waals surface area contributed by atoms with E-state index in [2.05, 4.69) is 21.2 Å². The topological polar surface area (TPSA) is 88.8 Å². The maximum absolute atomic E-state index is 12.6. The van der Waals surface area contributed by atoms with E-state index in [9.17, 15) is 14.7 Å². The van der Waals surface area contributed by atoms with Crippen LogP contribution in [-0.2, 0) is 4.79 Å². The van der Waals surface area contributed by atoms with E-state index in [1.807, 2.05) is 18.2 Å². The number of fused-ring (bicyclic) bond motifs is 1. The molecule has 160 valence electrons. The highest BCUT2D eigenvalue weighted by Crippen LogP contribution is 2.67. The van der Waals surface area contributed by atoms with Crippen LogP contribution in [-0.4, -0.2) is 29.8 Å². The normalized spacial score (nSPS) is 23.8. The molecule has 6 rings (SSSR count). The predicted octanol–water partition coefficient (Wildman–Crippen LogP) is 4.85. The lowest BCUT2D eigenvalue weighted by Crippen LogP contribution is -2.76. The summed E-state index contributed by atoms with van der Waals surface area (Å²) in [6.45, 7) is 0.985. The summed E-state index contributed by atoms with van der Waals surface area (Å²) in [5.41, 5.74) is 0.269. The number of aliphatic carboxylic acids is 1. The molecular formula is C23H19BrClNO5. The molecule has 3 aliphatic rings. The zero-order chi connectivity index (χ0) is 21.8. The molecule has 1 heterocycles. The number of carbonyl (C=O) groups is 1. The van der Waals surface area contributed by atoms with Gasteiger partial charge in [0.25, 0.3) is 0 Å². The van der Waals surface area contributed by atoms with E-state index in [-0.39, 0.29) is 11.0 Å². The third kappa shape index (κ3) is 3.45. The maximum Gasteiger partial charge on any atom is 0.309 e. The Morgan fingerprint density at radius 2 is 2.00 bits per heavy atom. The van der Waals surface area contributed by atoms with Crippen LogP contribution in [0.1, 0.15) is 19.3 Å². The molecule has 3 fully saturated rings. The molecule has 3 aliphatic carbocycles. The average molecular weight is 505 g/mol. The van der Waals surface area contributed by atoms with Crippen molar-refractivity contribution in [3.05, 3.63) is 62.2 Å². The highest BCUT2D eigenvalue weighted by molar-refractivity contribution is 9.10. The van der Waals surface area contributed by atoms with E-state index >= 15 is 0 Å². The smallest absolute Gasteiger partial charge is 0.309 e. The minimum Gasteiger partial charge on any atom is -0.491 e. The van der Waals surface area contributed by atoms with Crippen molar-refractivity contribution in [2.75, 3.05) is 13.2 Å². The zero-order valence-corrected chi connectivity index (χ0v) is 18.8. The number of hydrogen-bond donors (Lipinski definition) is 2. The van der Waals surface area contributed by atoms with E-state index in [1.54, 1.807) is 18.2 Å². The third-order valence-electron chi connectivity index (χ3n) is 6.26. The van der Waals surface area contributed by atoms with E-state index in [4.69, 9.17) is 20.8 Å². The fourth-order valence-corrected chi connectivity index (χ4v) is 5.33. The van der Waals surface area contributed by atoms with Gasteiger partial charge in [-0.1, -0.05) is 33.6 Å². The fraction of sp³-hybridized carbons (Fsp3) is 0.304. The molecule has 3 saturated carbocycles. The average Bonchev–Trinajstić information content (AvgIpc) is 2.66. The summed E-state index contributed by atoms with van der Waals surface area (Å²) in [4.78, 5) is 23.8. The van der Waals surface area contributed by atoms with E-state index in [1.165, 1.54) is 6.07 Å². The molecular weight excluding hydrogens is 486 g/mol. The molecule has 8 heteroatoms. The quantitative estimate of drug-likeness (QED) is 0.447. The Morgan fingerprint density at radius 3 is 2.74 bits per heavy atom. The second-order valence-electron chi connectivity index (χ2n) is 8.40.